The summed E-state index contributed by atoms with van der Waals surface area (Å²) in [5.74, 6) is -1.30. The van der Waals surface area contributed by atoms with Crippen molar-refractivity contribution in [3.8, 4) is 0 Å². The Labute approximate surface area is 391 Å². The molecule has 10 rings (SSSR count). The van der Waals surface area contributed by atoms with Crippen molar-refractivity contribution in [1.82, 2.24) is 0 Å². The molecule has 68 heavy (non-hydrogen) atoms. The van der Waals surface area contributed by atoms with E-state index >= 15 is 0 Å². The lowest BCUT2D eigenvalue weighted by Gasteiger charge is -2.21. The van der Waals surface area contributed by atoms with Gasteiger partial charge in [-0.25, -0.2) is 0 Å². The van der Waals surface area contributed by atoms with Crippen molar-refractivity contribution in [3.05, 3.63) is 93.1 Å². The maximum absolute atomic E-state index is 11.2. The molecule has 1 N–H and O–H groups in total. The number of carbonyl (C=O) groups is 15. The van der Waals surface area contributed by atoms with Crippen molar-refractivity contribution in [2.75, 3.05) is 0 Å². The van der Waals surface area contributed by atoms with Crippen LogP contribution in [0.5, 0.6) is 0 Å². The van der Waals surface area contributed by atoms with Crippen molar-refractivity contribution >= 4 is 86.9 Å². The lowest BCUT2D eigenvalue weighted by Crippen LogP contribution is -2.21. The molecule has 2 unspecified atom stereocenters. The van der Waals surface area contributed by atoms with Crippen molar-refractivity contribution in [3.63, 3.8) is 0 Å². The molecule has 9 aliphatic rings. The van der Waals surface area contributed by atoms with E-state index in [0.29, 0.717) is 27.8 Å². The van der Waals surface area contributed by atoms with Crippen molar-refractivity contribution in [2.45, 2.75) is 124 Å². The van der Waals surface area contributed by atoms with E-state index in [2.05, 4.69) is 0 Å². The number of ketones is 14. The summed E-state index contributed by atoms with van der Waals surface area (Å²) in [6.07, 6.45) is 13.4. The second kappa shape index (κ2) is 24.5. The summed E-state index contributed by atoms with van der Waals surface area (Å²) in [6.45, 7) is 5.05. The average Bonchev–Trinajstić information content (AvgIpc) is 4.15. The van der Waals surface area contributed by atoms with Crippen LogP contribution in [0.3, 0.4) is 0 Å². The molecule has 0 heterocycles. The van der Waals surface area contributed by atoms with E-state index in [0.717, 1.165) is 68.6 Å². The van der Waals surface area contributed by atoms with Gasteiger partial charge in [-0.3, -0.25) is 71.9 Å². The molecule has 9 aliphatic carbocycles. The van der Waals surface area contributed by atoms with Gasteiger partial charge in [-0.15, -0.1) is 0 Å². The number of carboxylic acid groups (broad SMARTS) is 1. The molecular weight excluding hydrogens is 881 g/mol. The Morgan fingerprint density at radius 1 is 0.471 bits per heavy atom. The lowest BCUT2D eigenvalue weighted by atomic mass is 9.81. The largest absolute Gasteiger partial charge is 0.481 e. The van der Waals surface area contributed by atoms with E-state index in [9.17, 15) is 71.9 Å². The summed E-state index contributed by atoms with van der Waals surface area (Å²) in [7, 11) is 0. The third kappa shape index (κ3) is 14.9. The molecule has 0 radical (unpaired) electrons. The van der Waals surface area contributed by atoms with Gasteiger partial charge < -0.3 is 5.11 Å². The van der Waals surface area contributed by atoms with Crippen molar-refractivity contribution < 1.29 is 77.0 Å². The smallest absolute Gasteiger partial charge is 0.307 e. The molecule has 16 heteroatoms. The molecular formula is C52H52O16. The molecule has 0 amide bonds. The second-order valence-corrected chi connectivity index (χ2v) is 17.3. The summed E-state index contributed by atoms with van der Waals surface area (Å²) in [5.41, 5.74) is 4.84. The Morgan fingerprint density at radius 2 is 0.897 bits per heavy atom. The highest BCUT2D eigenvalue weighted by Gasteiger charge is 2.42. The van der Waals surface area contributed by atoms with Crippen LogP contribution in [0.15, 0.2) is 82.0 Å². The van der Waals surface area contributed by atoms with Gasteiger partial charge in [0.2, 0.25) is 0 Å². The zero-order valence-electron chi connectivity index (χ0n) is 38.2. The van der Waals surface area contributed by atoms with Crippen LogP contribution < -0.4 is 0 Å². The maximum atomic E-state index is 11.2. The molecule has 1 aromatic rings. The van der Waals surface area contributed by atoms with Gasteiger partial charge in [-0.1, -0.05) is 37.1 Å². The fraction of sp³-hybridized carbons (Fsp3) is 0.404. The maximum Gasteiger partial charge on any atom is 0.307 e. The van der Waals surface area contributed by atoms with Gasteiger partial charge in [0.15, 0.2) is 69.4 Å². The number of rotatable bonds is 2. The van der Waals surface area contributed by atoms with Gasteiger partial charge in [0.05, 0.1) is 51.4 Å². The third-order valence-corrected chi connectivity index (χ3v) is 12.3. The van der Waals surface area contributed by atoms with Crippen LogP contribution in [0.2, 0.25) is 0 Å². The number of fused-ring (bicyclic) bond motifs is 2. The van der Waals surface area contributed by atoms with Crippen LogP contribution in [0.25, 0.3) is 0 Å². The Morgan fingerprint density at radius 3 is 1.22 bits per heavy atom. The first-order chi connectivity index (χ1) is 32.1. The van der Waals surface area contributed by atoms with E-state index in [1.54, 1.807) is 45.0 Å². The average molecular weight is 933 g/mol. The molecule has 1 aromatic carbocycles. The van der Waals surface area contributed by atoms with E-state index in [-0.39, 0.29) is 150 Å². The summed E-state index contributed by atoms with van der Waals surface area (Å²) < 4.78 is 0. The molecule has 356 valence electrons. The molecule has 0 aromatic heterocycles. The fourth-order valence-corrected chi connectivity index (χ4v) is 8.41. The molecule has 2 saturated carbocycles. The van der Waals surface area contributed by atoms with Crippen LogP contribution in [0.1, 0.15) is 144 Å². The van der Waals surface area contributed by atoms with Crippen molar-refractivity contribution in [1.29, 1.82) is 0 Å². The Balaban J connectivity index is 0.000000174. The first-order valence-corrected chi connectivity index (χ1v) is 22.3. The zero-order valence-corrected chi connectivity index (χ0v) is 38.2. The van der Waals surface area contributed by atoms with Gasteiger partial charge >= 0.3 is 5.97 Å². The van der Waals surface area contributed by atoms with Crippen molar-refractivity contribution in [2.24, 2.45) is 11.8 Å². The Hall–Kier alpha value is -7.23. The SMILES string of the molecule is CC1=C(C)C(=O)CC1=O.CC1=CC(=O)CC1=O.O=C(O)CC1=CC(=O)CC1=O.O=C1C=CC(=O)C1.O=C1CC(=O)C2=C1CCCC2.O=C1CC(=O)C2CCCCC12.O=C1CC(=O)c2ccccc21. The summed E-state index contributed by atoms with van der Waals surface area (Å²) in [6, 6.07) is 6.94. The number of carboxylic acids is 1. The first kappa shape index (κ1) is 53.4. The minimum absolute atomic E-state index is 0.0162. The van der Waals surface area contributed by atoms with Crippen LogP contribution in [-0.4, -0.2) is 92.0 Å². The highest BCUT2D eigenvalue weighted by Crippen LogP contribution is 2.37. The van der Waals surface area contributed by atoms with E-state index < -0.39 is 5.97 Å². The predicted molar refractivity (Wildman–Crippen MR) is 240 cm³/mol. The van der Waals surface area contributed by atoms with Gasteiger partial charge in [0.1, 0.15) is 11.6 Å². The number of benzene rings is 1. The van der Waals surface area contributed by atoms with Crippen LogP contribution in [0, 0.1) is 11.8 Å². The molecule has 16 nitrogen and oxygen atoms in total. The molecule has 0 saturated heterocycles. The second-order valence-electron chi connectivity index (χ2n) is 17.3. The number of carbonyl (C=O) groups excluding carboxylic acids is 14. The molecule has 2 fully saturated rings. The fourth-order valence-electron chi connectivity index (χ4n) is 8.41. The number of Topliss-reactive ketones (excluding diaryl/α,β-unsaturated/α-hetero) is 10. The Kier molecular flexibility index (Phi) is 19.2. The predicted octanol–water partition coefficient (Wildman–Crippen LogP) is 5.54. The highest BCUT2D eigenvalue weighted by molar-refractivity contribution is 6.25. The summed E-state index contributed by atoms with van der Waals surface area (Å²) in [4.78, 5) is 161. The molecule has 0 aliphatic heterocycles. The van der Waals surface area contributed by atoms with Gasteiger partial charge in [-0.2, -0.15) is 0 Å². The molecule has 0 bridgehead atoms. The van der Waals surface area contributed by atoms with Crippen LogP contribution >= 0.6 is 0 Å². The highest BCUT2D eigenvalue weighted by atomic mass is 16.4. The van der Waals surface area contributed by atoms with Crippen LogP contribution in [-0.2, 0) is 62.3 Å². The minimum atomic E-state index is -1.08. The first-order valence-electron chi connectivity index (χ1n) is 22.3. The molecule has 0 spiro atoms. The monoisotopic (exact) mass is 932 g/mol. The van der Waals surface area contributed by atoms with Crippen LogP contribution in [0.4, 0.5) is 0 Å². The number of hydrogen-bond donors (Lipinski definition) is 1. The number of allylic oxidation sites excluding steroid dienone is 9. The zero-order chi connectivity index (χ0) is 50.4. The van der Waals surface area contributed by atoms with E-state index in [4.69, 9.17) is 5.11 Å². The summed E-state index contributed by atoms with van der Waals surface area (Å²) in [5, 5.41) is 8.27. The van der Waals surface area contributed by atoms with Gasteiger partial charge in [-0.05, 0) is 100 Å². The van der Waals surface area contributed by atoms with Gasteiger partial charge in [0.25, 0.3) is 0 Å². The quantitative estimate of drug-likeness (QED) is 0.356. The van der Waals surface area contributed by atoms with E-state index in [1.165, 1.54) is 18.2 Å². The molecule has 2 atom stereocenters. The lowest BCUT2D eigenvalue weighted by molar-refractivity contribution is -0.137. The number of hydrogen-bond acceptors (Lipinski definition) is 15. The summed E-state index contributed by atoms with van der Waals surface area (Å²) >= 11 is 0. The normalized spacial score (nSPS) is 22.0. The topological polar surface area (TPSA) is 276 Å². The van der Waals surface area contributed by atoms with E-state index in [1.807, 2.05) is 0 Å². The third-order valence-electron chi connectivity index (χ3n) is 12.3. The standard InChI is InChI=1S/C9H12O2.C9H10O2.C9H6O2.C7H6O4.C7H8O2.C6H6O2.C5H4O2/c3*10-8-5-9(11)7-4-2-1-3-6(7)8;8-5-1-4(2-7(10)11)6(9)3-5;1-4-5(2)7(9)3-6(4)8;1-4-2-5(7)3-6(4)8;6-4-1-2-5(7)3-4/h6-7H,1-5H2;1-5H2;1-4H,5H2;1H,2-3H2,(H,10,11);3H2,1-2H3;2H,3H2,1H3;1-2H,3H2. The number of aliphatic carboxylic acids is 1. The Bertz CT molecular complexity index is 2470. The minimum Gasteiger partial charge on any atom is -0.481 e. The van der Waals surface area contributed by atoms with Gasteiger partial charge in [0, 0.05) is 39.7 Å².